The molecule has 96 valence electrons. The lowest BCUT2D eigenvalue weighted by molar-refractivity contribution is 0.0311. The highest BCUT2D eigenvalue weighted by atomic mass is 35.5. The van der Waals surface area contributed by atoms with Gasteiger partial charge in [0, 0.05) is 18.9 Å². The Morgan fingerprint density at radius 3 is 3.06 bits per heavy atom. The third kappa shape index (κ3) is 2.47. The number of nitrogens with zero attached hydrogens (tertiary/aromatic N) is 3. The molecule has 1 aliphatic rings. The first-order valence-electron chi connectivity index (χ1n) is 5.16. The van der Waals surface area contributed by atoms with Crippen molar-refractivity contribution in [2.24, 2.45) is 0 Å². The maximum atomic E-state index is 12.3. The van der Waals surface area contributed by atoms with E-state index < -0.39 is 16.1 Å². The van der Waals surface area contributed by atoms with Gasteiger partial charge in [0.05, 0.1) is 24.2 Å². The molecule has 1 aliphatic heterocycles. The van der Waals surface area contributed by atoms with Crippen LogP contribution in [-0.4, -0.2) is 43.5 Å². The Morgan fingerprint density at radius 2 is 2.39 bits per heavy atom. The number of pyridine rings is 1. The van der Waals surface area contributed by atoms with Crippen molar-refractivity contribution in [3.05, 3.63) is 23.5 Å². The molecule has 0 N–H and O–H groups in total. The Bertz CT molecular complexity index is 584. The molecular formula is C10H10ClN3O3S. The van der Waals surface area contributed by atoms with Crippen LogP contribution in [0.2, 0.25) is 5.02 Å². The number of morpholine rings is 1. The van der Waals surface area contributed by atoms with Crippen LogP contribution in [0.25, 0.3) is 0 Å². The van der Waals surface area contributed by atoms with Crippen LogP contribution in [0.5, 0.6) is 0 Å². The summed E-state index contributed by atoms with van der Waals surface area (Å²) < 4.78 is 30.9. The summed E-state index contributed by atoms with van der Waals surface area (Å²) in [5.74, 6) is 0. The molecular weight excluding hydrogens is 278 g/mol. The largest absolute Gasteiger partial charge is 0.361 e. The molecule has 0 spiro atoms. The second-order valence-corrected chi connectivity index (χ2v) is 5.97. The van der Waals surface area contributed by atoms with Crippen LogP contribution in [0, 0.1) is 11.3 Å². The molecule has 0 saturated carbocycles. The number of aromatic nitrogens is 1. The average molecular weight is 288 g/mol. The monoisotopic (exact) mass is 287 g/mol. The second-order valence-electron chi connectivity index (χ2n) is 3.66. The Kier molecular flexibility index (Phi) is 3.82. The molecule has 2 heterocycles. The van der Waals surface area contributed by atoms with E-state index in [0.717, 1.165) is 0 Å². The van der Waals surface area contributed by atoms with Gasteiger partial charge in [-0.15, -0.1) is 0 Å². The molecule has 0 amide bonds. The molecule has 0 aliphatic carbocycles. The quantitative estimate of drug-likeness (QED) is 0.797. The summed E-state index contributed by atoms with van der Waals surface area (Å²) in [6, 6.07) is 3.31. The summed E-state index contributed by atoms with van der Waals surface area (Å²) in [6.07, 6.45) is 1.87. The van der Waals surface area contributed by atoms with Gasteiger partial charge in [0.1, 0.15) is 4.90 Å². The van der Waals surface area contributed by atoms with Crippen molar-refractivity contribution in [1.82, 2.24) is 9.29 Å². The van der Waals surface area contributed by atoms with Gasteiger partial charge in [-0.25, -0.2) is 8.42 Å². The van der Waals surface area contributed by atoms with Crippen molar-refractivity contribution in [3.8, 4) is 6.07 Å². The molecule has 8 heteroatoms. The Balaban J connectivity index is 2.32. The van der Waals surface area contributed by atoms with E-state index in [4.69, 9.17) is 21.6 Å². The molecule has 1 saturated heterocycles. The van der Waals surface area contributed by atoms with Crippen LogP contribution >= 0.6 is 11.6 Å². The molecule has 0 bridgehead atoms. The van der Waals surface area contributed by atoms with Crippen LogP contribution < -0.4 is 0 Å². The van der Waals surface area contributed by atoms with Gasteiger partial charge in [0.2, 0.25) is 10.0 Å². The highest BCUT2D eigenvalue weighted by Crippen LogP contribution is 2.24. The van der Waals surface area contributed by atoms with E-state index in [9.17, 15) is 8.42 Å². The zero-order chi connectivity index (χ0) is 13.2. The highest BCUT2D eigenvalue weighted by molar-refractivity contribution is 7.89. The molecule has 6 nitrogen and oxygen atoms in total. The van der Waals surface area contributed by atoms with E-state index in [-0.39, 0.29) is 29.6 Å². The maximum absolute atomic E-state index is 12.3. The number of ether oxygens (including phenoxy) is 1. The van der Waals surface area contributed by atoms with Crippen LogP contribution in [0.15, 0.2) is 23.4 Å². The summed E-state index contributed by atoms with van der Waals surface area (Å²) in [5.41, 5.74) is 0. The van der Waals surface area contributed by atoms with Gasteiger partial charge in [-0.3, -0.25) is 4.98 Å². The van der Waals surface area contributed by atoms with Crippen molar-refractivity contribution in [2.45, 2.75) is 11.0 Å². The first-order chi connectivity index (χ1) is 8.55. The predicted molar refractivity (Wildman–Crippen MR) is 63.4 cm³/mol. The molecule has 1 aromatic rings. The Morgan fingerprint density at radius 1 is 1.61 bits per heavy atom. The molecule has 1 atom stereocenters. The van der Waals surface area contributed by atoms with Crippen LogP contribution in [0.3, 0.4) is 0 Å². The van der Waals surface area contributed by atoms with E-state index in [1.54, 1.807) is 0 Å². The fourth-order valence-corrected chi connectivity index (χ4v) is 3.44. The minimum absolute atomic E-state index is 0.00402. The van der Waals surface area contributed by atoms with Crippen molar-refractivity contribution in [2.75, 3.05) is 19.7 Å². The first-order valence-corrected chi connectivity index (χ1v) is 6.98. The smallest absolute Gasteiger partial charge is 0.246 e. The number of hydrogen-bond donors (Lipinski definition) is 0. The van der Waals surface area contributed by atoms with E-state index in [1.807, 2.05) is 6.07 Å². The SMILES string of the molecule is N#CC1CN(S(=O)(=O)c2cnccc2Cl)CCO1. The summed E-state index contributed by atoms with van der Waals surface area (Å²) >= 11 is 5.86. The van der Waals surface area contributed by atoms with Crippen molar-refractivity contribution in [1.29, 1.82) is 5.26 Å². The minimum Gasteiger partial charge on any atom is -0.361 e. The summed E-state index contributed by atoms with van der Waals surface area (Å²) in [6.45, 7) is 0.394. The summed E-state index contributed by atoms with van der Waals surface area (Å²) in [5, 5.41) is 8.88. The third-order valence-electron chi connectivity index (χ3n) is 2.53. The summed E-state index contributed by atoms with van der Waals surface area (Å²) in [4.78, 5) is 3.71. The van der Waals surface area contributed by atoms with Crippen LogP contribution in [-0.2, 0) is 14.8 Å². The van der Waals surface area contributed by atoms with Gasteiger partial charge < -0.3 is 4.74 Å². The molecule has 2 rings (SSSR count). The fourth-order valence-electron chi connectivity index (χ4n) is 1.61. The van der Waals surface area contributed by atoms with Gasteiger partial charge in [0.25, 0.3) is 0 Å². The molecule has 0 radical (unpaired) electrons. The fraction of sp³-hybridized carbons (Fsp3) is 0.400. The number of halogens is 1. The Labute approximate surface area is 110 Å². The number of sulfonamides is 1. The zero-order valence-corrected chi connectivity index (χ0v) is 10.9. The van der Waals surface area contributed by atoms with Crippen molar-refractivity contribution >= 4 is 21.6 Å². The topological polar surface area (TPSA) is 83.3 Å². The minimum atomic E-state index is -3.73. The van der Waals surface area contributed by atoms with E-state index in [2.05, 4.69) is 4.98 Å². The predicted octanol–water partition coefficient (Wildman–Crippen LogP) is 0.648. The third-order valence-corrected chi connectivity index (χ3v) is 4.86. The summed E-state index contributed by atoms with van der Waals surface area (Å²) in [7, 11) is -3.73. The second kappa shape index (κ2) is 5.20. The molecule has 1 fully saturated rings. The Hall–Kier alpha value is -1.20. The standard InChI is InChI=1S/C10H10ClN3O3S/c11-9-1-2-13-6-10(9)18(15,16)14-3-4-17-8(5-12)7-14/h1-2,6,8H,3-4,7H2. The number of hydrogen-bond acceptors (Lipinski definition) is 5. The maximum Gasteiger partial charge on any atom is 0.246 e. The van der Waals surface area contributed by atoms with E-state index in [1.165, 1.54) is 22.8 Å². The number of nitriles is 1. The molecule has 1 unspecified atom stereocenters. The van der Waals surface area contributed by atoms with Gasteiger partial charge in [-0.05, 0) is 6.07 Å². The van der Waals surface area contributed by atoms with Gasteiger partial charge in [0.15, 0.2) is 6.10 Å². The highest BCUT2D eigenvalue weighted by Gasteiger charge is 2.32. The molecule has 18 heavy (non-hydrogen) atoms. The lowest BCUT2D eigenvalue weighted by Gasteiger charge is -2.28. The van der Waals surface area contributed by atoms with Crippen LogP contribution in [0.4, 0.5) is 0 Å². The lowest BCUT2D eigenvalue weighted by Crippen LogP contribution is -2.45. The van der Waals surface area contributed by atoms with Crippen molar-refractivity contribution in [3.63, 3.8) is 0 Å². The lowest BCUT2D eigenvalue weighted by atomic mass is 10.3. The van der Waals surface area contributed by atoms with Gasteiger partial charge >= 0.3 is 0 Å². The normalized spacial score (nSPS) is 21.4. The molecule has 1 aromatic heterocycles. The first kappa shape index (κ1) is 13.2. The van der Waals surface area contributed by atoms with Crippen molar-refractivity contribution < 1.29 is 13.2 Å². The van der Waals surface area contributed by atoms with E-state index in [0.29, 0.717) is 0 Å². The van der Waals surface area contributed by atoms with E-state index >= 15 is 0 Å². The van der Waals surface area contributed by atoms with Crippen LogP contribution in [0.1, 0.15) is 0 Å². The molecule has 0 aromatic carbocycles. The number of rotatable bonds is 2. The average Bonchev–Trinajstić information content (AvgIpc) is 2.39. The van der Waals surface area contributed by atoms with Gasteiger partial charge in [-0.2, -0.15) is 9.57 Å². The zero-order valence-electron chi connectivity index (χ0n) is 9.28. The van der Waals surface area contributed by atoms with Gasteiger partial charge in [-0.1, -0.05) is 11.6 Å².